The number of amides is 1. The smallest absolute Gasteiger partial charge is 0.338 e. The fourth-order valence-electron chi connectivity index (χ4n) is 2.82. The highest BCUT2D eigenvalue weighted by molar-refractivity contribution is 6.12. The predicted molar refractivity (Wildman–Crippen MR) is 104 cm³/mol. The molecule has 1 N–H and O–H groups in total. The number of nitrogens with one attached hydrogen (secondary N) is 1. The summed E-state index contributed by atoms with van der Waals surface area (Å²) in [5.41, 5.74) is 1.24. The molecule has 0 saturated carbocycles. The summed E-state index contributed by atoms with van der Waals surface area (Å²) in [7, 11) is 1.29. The fraction of sp³-hybridized carbons (Fsp3) is 0.190. The van der Waals surface area contributed by atoms with E-state index in [1.165, 1.54) is 13.2 Å². The molecule has 0 aliphatic carbocycles. The van der Waals surface area contributed by atoms with Crippen LogP contribution in [0.2, 0.25) is 0 Å². The van der Waals surface area contributed by atoms with Crippen LogP contribution in [-0.4, -0.2) is 25.6 Å². The Morgan fingerprint density at radius 1 is 1.07 bits per heavy atom. The maximum absolute atomic E-state index is 12.8. The number of fused-ring (bicyclic) bond motifs is 1. The summed E-state index contributed by atoms with van der Waals surface area (Å²) >= 11 is 0. The van der Waals surface area contributed by atoms with Crippen molar-refractivity contribution in [1.82, 2.24) is 0 Å². The molecule has 2 aromatic carbocycles. The van der Waals surface area contributed by atoms with Crippen molar-refractivity contribution in [3.8, 4) is 5.75 Å². The van der Waals surface area contributed by atoms with Crippen molar-refractivity contribution in [2.45, 2.75) is 13.8 Å². The summed E-state index contributed by atoms with van der Waals surface area (Å²) < 4.78 is 15.3. The fourth-order valence-corrected chi connectivity index (χ4v) is 2.82. The first kappa shape index (κ1) is 19.2. The van der Waals surface area contributed by atoms with Crippen molar-refractivity contribution in [2.24, 2.45) is 0 Å². The van der Waals surface area contributed by atoms with E-state index in [2.05, 4.69) is 5.32 Å². The van der Waals surface area contributed by atoms with E-state index in [1.54, 1.807) is 37.3 Å². The van der Waals surface area contributed by atoms with Crippen LogP contribution in [0.15, 0.2) is 51.7 Å². The van der Waals surface area contributed by atoms with Crippen LogP contribution in [0.25, 0.3) is 11.0 Å². The molecule has 1 heterocycles. The molecule has 0 aliphatic heterocycles. The van der Waals surface area contributed by atoms with Gasteiger partial charge in [-0.1, -0.05) is 6.07 Å². The van der Waals surface area contributed by atoms with Gasteiger partial charge >= 0.3 is 11.6 Å². The van der Waals surface area contributed by atoms with Gasteiger partial charge in [0, 0.05) is 23.2 Å². The van der Waals surface area contributed by atoms with Crippen LogP contribution >= 0.6 is 0 Å². The van der Waals surface area contributed by atoms with Crippen molar-refractivity contribution in [3.63, 3.8) is 0 Å². The number of carbonyl (C=O) groups is 2. The summed E-state index contributed by atoms with van der Waals surface area (Å²) in [4.78, 5) is 36.5. The lowest BCUT2D eigenvalue weighted by Crippen LogP contribution is -2.16. The van der Waals surface area contributed by atoms with Gasteiger partial charge in [-0.15, -0.1) is 0 Å². The molecule has 0 spiro atoms. The average molecular weight is 381 g/mol. The minimum Gasteiger partial charge on any atom is -0.494 e. The first-order valence-corrected chi connectivity index (χ1v) is 8.64. The molecular formula is C21H19NO6. The second-order valence-corrected chi connectivity index (χ2v) is 6.05. The molecule has 1 aromatic heterocycles. The third-order valence-electron chi connectivity index (χ3n) is 4.17. The highest BCUT2D eigenvalue weighted by atomic mass is 16.5. The van der Waals surface area contributed by atoms with Crippen molar-refractivity contribution >= 4 is 28.5 Å². The normalized spacial score (nSPS) is 10.5. The lowest BCUT2D eigenvalue weighted by Gasteiger charge is -2.10. The molecule has 0 saturated heterocycles. The Balaban J connectivity index is 1.98. The zero-order valence-corrected chi connectivity index (χ0v) is 15.7. The van der Waals surface area contributed by atoms with Gasteiger partial charge in [0.1, 0.15) is 11.3 Å². The minimum atomic E-state index is -0.648. The van der Waals surface area contributed by atoms with Gasteiger partial charge in [-0.25, -0.2) is 9.59 Å². The molecule has 144 valence electrons. The Kier molecular flexibility index (Phi) is 5.44. The number of ether oxygens (including phenoxy) is 2. The molecular weight excluding hydrogens is 362 g/mol. The Labute approximate surface area is 160 Å². The molecule has 3 aromatic rings. The third kappa shape index (κ3) is 3.88. The number of methoxy groups -OCH3 is 1. The van der Waals surface area contributed by atoms with E-state index in [0.717, 1.165) is 11.6 Å². The van der Waals surface area contributed by atoms with Crippen molar-refractivity contribution in [3.05, 3.63) is 69.6 Å². The molecule has 0 atom stereocenters. The van der Waals surface area contributed by atoms with Gasteiger partial charge in [-0.05, 0) is 43.7 Å². The van der Waals surface area contributed by atoms with E-state index in [1.807, 2.05) is 6.92 Å². The van der Waals surface area contributed by atoms with Crippen molar-refractivity contribution < 1.29 is 23.5 Å². The quantitative estimate of drug-likeness (QED) is 0.537. The second-order valence-electron chi connectivity index (χ2n) is 6.05. The van der Waals surface area contributed by atoms with Crippen LogP contribution in [-0.2, 0) is 4.74 Å². The standard InChI is InChI=1S/C21H19NO6/c1-4-27-14-7-8-15-17(11-19(23)28-18(15)10-14)20(24)22-13-6-5-12(2)16(9-13)21(25)26-3/h5-11H,4H2,1-3H3,(H,22,24). The molecule has 7 heteroatoms. The summed E-state index contributed by atoms with van der Waals surface area (Å²) in [5.74, 6) is -0.457. The van der Waals surface area contributed by atoms with Crippen LogP contribution in [0.1, 0.15) is 33.2 Å². The Hall–Kier alpha value is -3.61. The lowest BCUT2D eigenvalue weighted by molar-refractivity contribution is 0.0599. The van der Waals surface area contributed by atoms with Gasteiger partial charge in [0.2, 0.25) is 0 Å². The summed E-state index contributed by atoms with van der Waals surface area (Å²) in [6.45, 7) is 4.07. The maximum Gasteiger partial charge on any atom is 0.338 e. The van der Waals surface area contributed by atoms with Crippen LogP contribution in [0.3, 0.4) is 0 Å². The molecule has 7 nitrogen and oxygen atoms in total. The first-order valence-electron chi connectivity index (χ1n) is 8.64. The first-order chi connectivity index (χ1) is 13.4. The van der Waals surface area contributed by atoms with Gasteiger partial charge in [0.15, 0.2) is 0 Å². The Morgan fingerprint density at radius 2 is 1.86 bits per heavy atom. The molecule has 0 fully saturated rings. The zero-order valence-electron chi connectivity index (χ0n) is 15.7. The van der Waals surface area contributed by atoms with E-state index >= 15 is 0 Å². The van der Waals surface area contributed by atoms with Crippen LogP contribution in [0.4, 0.5) is 5.69 Å². The molecule has 3 rings (SSSR count). The second kappa shape index (κ2) is 7.96. The van der Waals surface area contributed by atoms with E-state index in [-0.39, 0.29) is 11.1 Å². The largest absolute Gasteiger partial charge is 0.494 e. The van der Waals surface area contributed by atoms with E-state index in [0.29, 0.717) is 29.0 Å². The summed E-state index contributed by atoms with van der Waals surface area (Å²) in [6, 6.07) is 11.0. The molecule has 1 amide bonds. The highest BCUT2D eigenvalue weighted by Gasteiger charge is 2.16. The van der Waals surface area contributed by atoms with Gasteiger partial charge < -0.3 is 19.2 Å². The summed E-state index contributed by atoms with van der Waals surface area (Å²) in [6.07, 6.45) is 0. The van der Waals surface area contributed by atoms with Crippen LogP contribution in [0.5, 0.6) is 5.75 Å². The summed E-state index contributed by atoms with van der Waals surface area (Å²) in [5, 5.41) is 3.18. The van der Waals surface area contributed by atoms with Gasteiger partial charge in [0.25, 0.3) is 5.91 Å². The van der Waals surface area contributed by atoms with Crippen LogP contribution < -0.4 is 15.7 Å². The van der Waals surface area contributed by atoms with Gasteiger partial charge in [-0.3, -0.25) is 4.79 Å². The van der Waals surface area contributed by atoms with Crippen LogP contribution in [0, 0.1) is 6.92 Å². The monoisotopic (exact) mass is 381 g/mol. The molecule has 28 heavy (non-hydrogen) atoms. The number of esters is 1. The molecule has 0 bridgehead atoms. The predicted octanol–water partition coefficient (Wildman–Crippen LogP) is 3.54. The number of aryl methyl sites for hydroxylation is 1. The maximum atomic E-state index is 12.8. The third-order valence-corrected chi connectivity index (χ3v) is 4.17. The number of carbonyl (C=O) groups excluding carboxylic acids is 2. The van der Waals surface area contributed by atoms with Gasteiger partial charge in [-0.2, -0.15) is 0 Å². The average Bonchev–Trinajstić information content (AvgIpc) is 2.68. The molecule has 0 radical (unpaired) electrons. The number of benzene rings is 2. The van der Waals surface area contributed by atoms with Crippen molar-refractivity contribution in [1.29, 1.82) is 0 Å². The zero-order chi connectivity index (χ0) is 20.3. The Morgan fingerprint density at radius 3 is 2.57 bits per heavy atom. The number of hydrogen-bond acceptors (Lipinski definition) is 6. The molecule has 0 unspecified atom stereocenters. The lowest BCUT2D eigenvalue weighted by atomic mass is 10.1. The topological polar surface area (TPSA) is 94.8 Å². The van der Waals surface area contributed by atoms with E-state index in [9.17, 15) is 14.4 Å². The Bertz CT molecular complexity index is 1120. The molecule has 0 aliphatic rings. The number of hydrogen-bond donors (Lipinski definition) is 1. The van der Waals surface area contributed by atoms with E-state index < -0.39 is 17.5 Å². The van der Waals surface area contributed by atoms with E-state index in [4.69, 9.17) is 13.9 Å². The highest BCUT2D eigenvalue weighted by Crippen LogP contribution is 2.24. The minimum absolute atomic E-state index is 0.162. The van der Waals surface area contributed by atoms with Gasteiger partial charge in [0.05, 0.1) is 24.8 Å². The number of rotatable bonds is 5. The van der Waals surface area contributed by atoms with Crippen molar-refractivity contribution in [2.75, 3.05) is 19.0 Å². The SMILES string of the molecule is CCOc1ccc2c(C(=O)Nc3ccc(C)c(C(=O)OC)c3)cc(=O)oc2c1. The number of anilines is 1.